The molecule has 1 unspecified atom stereocenters. The predicted octanol–water partition coefficient (Wildman–Crippen LogP) is 1.86. The van der Waals surface area contributed by atoms with Crippen molar-refractivity contribution < 1.29 is 4.74 Å². The van der Waals surface area contributed by atoms with Gasteiger partial charge in [-0.15, -0.1) is 0 Å². The third kappa shape index (κ3) is 2.55. The van der Waals surface area contributed by atoms with E-state index in [2.05, 4.69) is 23.7 Å². The van der Waals surface area contributed by atoms with Crippen molar-refractivity contribution in [3.8, 4) is 0 Å². The van der Waals surface area contributed by atoms with Crippen LogP contribution in [0.1, 0.15) is 25.6 Å². The normalized spacial score (nSPS) is 23.3. The quantitative estimate of drug-likeness (QED) is 0.738. The molecular weight excluding hydrogens is 188 g/mol. The molecule has 0 saturated carbocycles. The minimum Gasteiger partial charge on any atom is -0.369 e. The van der Waals surface area contributed by atoms with Crippen LogP contribution < -0.4 is 0 Å². The topological polar surface area (TPSA) is 25.4 Å². The Morgan fingerprint density at radius 3 is 3.00 bits per heavy atom. The fraction of sp³-hybridized carbons (Fsp3) is 0.583. The van der Waals surface area contributed by atoms with E-state index in [1.54, 1.807) is 0 Å². The molecule has 0 N–H and O–H groups in total. The zero-order valence-corrected chi connectivity index (χ0v) is 9.39. The van der Waals surface area contributed by atoms with Crippen LogP contribution in [0.15, 0.2) is 24.4 Å². The van der Waals surface area contributed by atoms with E-state index in [1.807, 2.05) is 24.4 Å². The van der Waals surface area contributed by atoms with Crippen molar-refractivity contribution in [3.63, 3.8) is 0 Å². The highest BCUT2D eigenvalue weighted by molar-refractivity contribution is 5.08. The van der Waals surface area contributed by atoms with Gasteiger partial charge in [-0.25, -0.2) is 0 Å². The van der Waals surface area contributed by atoms with Crippen LogP contribution in [0, 0.1) is 0 Å². The Kier molecular flexibility index (Phi) is 3.34. The van der Waals surface area contributed by atoms with Crippen LogP contribution in [0.5, 0.6) is 0 Å². The van der Waals surface area contributed by atoms with Crippen LogP contribution in [0.4, 0.5) is 0 Å². The molecule has 1 aliphatic rings. The number of rotatable bonds is 2. The molecule has 1 aromatic heterocycles. The van der Waals surface area contributed by atoms with Gasteiger partial charge in [0.05, 0.1) is 12.3 Å². The first-order chi connectivity index (χ1) is 7.27. The molecule has 0 aliphatic carbocycles. The molecule has 1 atom stereocenters. The van der Waals surface area contributed by atoms with Crippen LogP contribution in [0.25, 0.3) is 0 Å². The fourth-order valence-corrected chi connectivity index (χ4v) is 1.88. The Balaban J connectivity index is 2.05. The molecule has 0 amide bonds. The van der Waals surface area contributed by atoms with Crippen LogP contribution in [-0.4, -0.2) is 35.6 Å². The summed E-state index contributed by atoms with van der Waals surface area (Å²) in [6, 6.07) is 6.57. The molecule has 0 bridgehead atoms. The van der Waals surface area contributed by atoms with E-state index in [0.29, 0.717) is 6.04 Å². The van der Waals surface area contributed by atoms with E-state index in [1.165, 1.54) is 0 Å². The van der Waals surface area contributed by atoms with Crippen molar-refractivity contribution >= 4 is 0 Å². The number of aromatic nitrogens is 1. The summed E-state index contributed by atoms with van der Waals surface area (Å²) in [6.45, 7) is 7.23. The summed E-state index contributed by atoms with van der Waals surface area (Å²) in [5, 5.41) is 0. The van der Waals surface area contributed by atoms with Crippen LogP contribution >= 0.6 is 0 Å². The Hall–Kier alpha value is -0.930. The molecular formula is C12H18N2O. The van der Waals surface area contributed by atoms with Crippen molar-refractivity contribution in [1.82, 2.24) is 9.88 Å². The van der Waals surface area contributed by atoms with E-state index >= 15 is 0 Å². The first-order valence-corrected chi connectivity index (χ1v) is 5.54. The van der Waals surface area contributed by atoms with E-state index in [4.69, 9.17) is 4.74 Å². The zero-order valence-electron chi connectivity index (χ0n) is 9.39. The monoisotopic (exact) mass is 206 g/mol. The van der Waals surface area contributed by atoms with Gasteiger partial charge in [0.25, 0.3) is 0 Å². The minimum atomic E-state index is 0.141. The summed E-state index contributed by atoms with van der Waals surface area (Å²) in [4.78, 5) is 6.78. The van der Waals surface area contributed by atoms with Gasteiger partial charge in [0.15, 0.2) is 0 Å². The number of ether oxygens (including phenoxy) is 1. The van der Waals surface area contributed by atoms with Crippen LogP contribution in [0.2, 0.25) is 0 Å². The van der Waals surface area contributed by atoms with Crippen molar-refractivity contribution in [2.45, 2.75) is 26.0 Å². The Bertz CT molecular complexity index is 300. The average molecular weight is 206 g/mol. The zero-order chi connectivity index (χ0) is 10.7. The largest absolute Gasteiger partial charge is 0.369 e. The summed E-state index contributed by atoms with van der Waals surface area (Å²) < 4.78 is 5.74. The predicted molar refractivity (Wildman–Crippen MR) is 59.6 cm³/mol. The third-order valence-corrected chi connectivity index (χ3v) is 2.85. The van der Waals surface area contributed by atoms with E-state index in [9.17, 15) is 0 Å². The van der Waals surface area contributed by atoms with E-state index in [0.717, 1.165) is 25.4 Å². The molecule has 15 heavy (non-hydrogen) atoms. The van der Waals surface area contributed by atoms with Crippen molar-refractivity contribution in [1.29, 1.82) is 0 Å². The summed E-state index contributed by atoms with van der Waals surface area (Å²) >= 11 is 0. The van der Waals surface area contributed by atoms with Gasteiger partial charge >= 0.3 is 0 Å². The highest BCUT2D eigenvalue weighted by Crippen LogP contribution is 2.21. The molecule has 1 aliphatic heterocycles. The Morgan fingerprint density at radius 1 is 1.47 bits per heavy atom. The summed E-state index contributed by atoms with van der Waals surface area (Å²) in [5.41, 5.74) is 1.04. The molecule has 1 fully saturated rings. The number of pyridine rings is 1. The van der Waals surface area contributed by atoms with Gasteiger partial charge in [0.2, 0.25) is 0 Å². The number of hydrogen-bond acceptors (Lipinski definition) is 3. The average Bonchev–Trinajstić information content (AvgIpc) is 2.30. The second-order valence-corrected chi connectivity index (χ2v) is 4.20. The molecule has 2 rings (SSSR count). The number of nitrogens with zero attached hydrogens (tertiary/aromatic N) is 2. The second kappa shape index (κ2) is 4.73. The minimum absolute atomic E-state index is 0.141. The first-order valence-electron chi connectivity index (χ1n) is 5.54. The lowest BCUT2D eigenvalue weighted by Gasteiger charge is -2.35. The van der Waals surface area contributed by atoms with Gasteiger partial charge in [0, 0.05) is 25.3 Å². The summed E-state index contributed by atoms with van der Waals surface area (Å²) in [6.07, 6.45) is 1.97. The highest BCUT2D eigenvalue weighted by Gasteiger charge is 2.23. The molecule has 82 valence electrons. The van der Waals surface area contributed by atoms with E-state index in [-0.39, 0.29) is 6.10 Å². The molecule has 3 heteroatoms. The lowest BCUT2D eigenvalue weighted by Crippen LogP contribution is -2.42. The molecule has 1 saturated heterocycles. The lowest BCUT2D eigenvalue weighted by atomic mass is 10.1. The Labute approximate surface area is 91.1 Å². The molecule has 1 aromatic rings. The van der Waals surface area contributed by atoms with Crippen molar-refractivity contribution in [3.05, 3.63) is 30.1 Å². The molecule has 2 heterocycles. The van der Waals surface area contributed by atoms with Crippen molar-refractivity contribution in [2.75, 3.05) is 19.7 Å². The van der Waals surface area contributed by atoms with Crippen molar-refractivity contribution in [2.24, 2.45) is 0 Å². The summed E-state index contributed by atoms with van der Waals surface area (Å²) in [7, 11) is 0. The van der Waals surface area contributed by atoms with Gasteiger partial charge < -0.3 is 4.74 Å². The van der Waals surface area contributed by atoms with Gasteiger partial charge in [-0.1, -0.05) is 6.07 Å². The van der Waals surface area contributed by atoms with Gasteiger partial charge in [-0.2, -0.15) is 0 Å². The SMILES string of the molecule is CC(C)N1CCOC(c2ccccn2)C1. The smallest absolute Gasteiger partial charge is 0.112 e. The second-order valence-electron chi connectivity index (χ2n) is 4.20. The number of hydrogen-bond donors (Lipinski definition) is 0. The van der Waals surface area contributed by atoms with Gasteiger partial charge in [-0.05, 0) is 26.0 Å². The fourth-order valence-electron chi connectivity index (χ4n) is 1.88. The maximum absolute atomic E-state index is 5.74. The maximum Gasteiger partial charge on any atom is 0.112 e. The molecule has 0 aromatic carbocycles. The van der Waals surface area contributed by atoms with E-state index < -0.39 is 0 Å². The van der Waals surface area contributed by atoms with Gasteiger partial charge in [-0.3, -0.25) is 9.88 Å². The standard InChI is InChI=1S/C12H18N2O/c1-10(2)14-7-8-15-12(9-14)11-5-3-4-6-13-11/h3-6,10,12H,7-9H2,1-2H3. The third-order valence-electron chi connectivity index (χ3n) is 2.85. The molecule has 3 nitrogen and oxygen atoms in total. The Morgan fingerprint density at radius 2 is 2.33 bits per heavy atom. The highest BCUT2D eigenvalue weighted by atomic mass is 16.5. The van der Waals surface area contributed by atoms with Gasteiger partial charge in [0.1, 0.15) is 6.10 Å². The lowest BCUT2D eigenvalue weighted by molar-refractivity contribution is -0.0421. The van der Waals surface area contributed by atoms with Crippen LogP contribution in [-0.2, 0) is 4.74 Å². The molecule has 0 spiro atoms. The maximum atomic E-state index is 5.74. The van der Waals surface area contributed by atoms with Crippen LogP contribution in [0.3, 0.4) is 0 Å². The molecule has 0 radical (unpaired) electrons. The first kappa shape index (κ1) is 10.6. The summed E-state index contributed by atoms with van der Waals surface area (Å²) in [5.74, 6) is 0. The number of morpholine rings is 1.